The fourth-order valence-corrected chi connectivity index (χ4v) is 5.13. The summed E-state index contributed by atoms with van der Waals surface area (Å²) in [4.78, 5) is 11.5. The number of sulfone groups is 1. The lowest BCUT2D eigenvalue weighted by Crippen LogP contribution is -2.21. The van der Waals surface area contributed by atoms with Gasteiger partial charge in [-0.25, -0.2) is 13.4 Å². The molecule has 0 aliphatic rings. The fraction of sp³-hybridized carbons (Fsp3) is 0.333. The Labute approximate surface area is 206 Å². The van der Waals surface area contributed by atoms with Crippen LogP contribution in [0.3, 0.4) is 0 Å². The van der Waals surface area contributed by atoms with E-state index < -0.39 is 15.1 Å². The van der Waals surface area contributed by atoms with E-state index in [-0.39, 0.29) is 13.6 Å². The van der Waals surface area contributed by atoms with Gasteiger partial charge in [0.1, 0.15) is 5.69 Å². The second-order valence-corrected chi connectivity index (χ2v) is 12.2. The van der Waals surface area contributed by atoms with Crippen molar-refractivity contribution in [2.75, 3.05) is 0 Å². The molecule has 34 heavy (non-hydrogen) atoms. The summed E-state index contributed by atoms with van der Waals surface area (Å²) >= 11 is 1.60. The van der Waals surface area contributed by atoms with Crippen LogP contribution in [0.25, 0.3) is 33.6 Å². The van der Waals surface area contributed by atoms with E-state index >= 15 is 0 Å². The van der Waals surface area contributed by atoms with Crippen molar-refractivity contribution in [3.8, 4) is 33.6 Å². The van der Waals surface area contributed by atoms with Gasteiger partial charge in [-0.15, -0.1) is 21.5 Å². The van der Waals surface area contributed by atoms with Crippen LogP contribution in [0.5, 0.6) is 0 Å². The number of hydrogen-bond acceptors (Lipinski definition) is 9. The molecule has 0 fully saturated rings. The lowest BCUT2D eigenvalue weighted by molar-refractivity contribution is 0.582. The summed E-state index contributed by atoms with van der Waals surface area (Å²) in [6, 6.07) is 11.1. The van der Waals surface area contributed by atoms with E-state index in [4.69, 9.17) is 4.42 Å². The Hall–Kier alpha value is -2.95. The molecule has 1 N–H and O–H groups in total. The quantitative estimate of drug-likeness (QED) is 0.341. The van der Waals surface area contributed by atoms with E-state index in [0.29, 0.717) is 29.0 Å². The summed E-state index contributed by atoms with van der Waals surface area (Å²) in [5.41, 5.74) is 2.49. The molecule has 0 aliphatic heterocycles. The van der Waals surface area contributed by atoms with Crippen molar-refractivity contribution < 1.29 is 15.7 Å². The molecule has 0 radical (unpaired) electrons. The Morgan fingerprint density at radius 2 is 1.74 bits per heavy atom. The number of nitrogens with one attached hydrogen (secondary N) is 1. The van der Waals surface area contributed by atoms with Gasteiger partial charge in [0.25, 0.3) is 11.8 Å². The van der Waals surface area contributed by atoms with Crippen LogP contribution in [0.15, 0.2) is 51.9 Å². The Kier molecular flexibility index (Phi) is 6.92. The molecule has 0 atom stereocenters. The van der Waals surface area contributed by atoms with Gasteiger partial charge in [-0.3, -0.25) is 4.98 Å². The lowest BCUT2D eigenvalue weighted by Gasteiger charge is -2.09. The minimum Gasteiger partial charge on any atom is -0.414 e. The van der Waals surface area contributed by atoms with Gasteiger partial charge < -0.3 is 9.73 Å². The predicted octanol–water partition coefficient (Wildman–Crippen LogP) is 5.40. The van der Waals surface area contributed by atoms with Crippen LogP contribution in [0, 0.1) is 6.92 Å². The van der Waals surface area contributed by atoms with Gasteiger partial charge in [0.05, 0.1) is 32.6 Å². The topological polar surface area (TPSA) is 111 Å². The Morgan fingerprint density at radius 3 is 2.41 bits per heavy atom. The van der Waals surface area contributed by atoms with Crippen molar-refractivity contribution in [2.24, 2.45) is 0 Å². The van der Waals surface area contributed by atoms with E-state index in [1.54, 1.807) is 55.6 Å². The monoisotopic (exact) mass is 501 g/mol. The molecule has 4 aromatic rings. The average Bonchev–Trinajstić information content (AvgIpc) is 3.48. The predicted molar refractivity (Wildman–Crippen MR) is 137 cm³/mol. The summed E-state index contributed by atoms with van der Waals surface area (Å²) in [7, 11) is -3.34. The number of nitrogens with zero attached hydrogens (tertiary/aromatic N) is 4. The van der Waals surface area contributed by atoms with Crippen molar-refractivity contribution in [3.05, 3.63) is 53.2 Å². The molecule has 0 aliphatic carbocycles. The number of benzene rings is 1. The molecule has 8 nitrogen and oxygen atoms in total. The third-order valence-corrected chi connectivity index (χ3v) is 8.48. The standard InChI is InChI=1S/C24H27N5O3S2.2H2/c1-14(2)25-12-18-8-11-21(33-18)23-28-29-24(32-23)22-16(5)26-13-20(27-22)17-6-9-19(10-7-17)34(30,31)15(3)4;;/h6-11,13-15,25H,12H2,1-5H3;2*1H. The summed E-state index contributed by atoms with van der Waals surface area (Å²) in [5, 5.41) is 11.3. The number of thiophene rings is 1. The average molecular weight is 502 g/mol. The van der Waals surface area contributed by atoms with Crippen LogP contribution in [0.1, 0.15) is 41.1 Å². The van der Waals surface area contributed by atoms with E-state index in [1.165, 1.54) is 4.88 Å². The zero-order valence-electron chi connectivity index (χ0n) is 19.7. The molecule has 0 amide bonds. The molecule has 0 unspecified atom stereocenters. The number of rotatable bonds is 8. The highest BCUT2D eigenvalue weighted by molar-refractivity contribution is 7.92. The first-order chi connectivity index (χ1) is 16.1. The molecule has 182 valence electrons. The molecule has 3 aromatic heterocycles. The van der Waals surface area contributed by atoms with Crippen molar-refractivity contribution >= 4 is 21.2 Å². The molecule has 10 heteroatoms. The van der Waals surface area contributed by atoms with E-state index in [2.05, 4.69) is 39.3 Å². The molecule has 0 bridgehead atoms. The zero-order valence-corrected chi connectivity index (χ0v) is 21.4. The molecule has 3 heterocycles. The SMILES string of the molecule is Cc1ncc(-c2ccc(S(=O)(=O)C(C)C)cc2)nc1-c1nnc(-c2ccc(CNC(C)C)s2)o1.[HH].[HH]. The summed E-state index contributed by atoms with van der Waals surface area (Å²) < 4.78 is 30.7. The van der Waals surface area contributed by atoms with Crippen LogP contribution >= 0.6 is 11.3 Å². The Balaban J connectivity index is 0.00000228. The lowest BCUT2D eigenvalue weighted by atomic mass is 10.1. The fourth-order valence-electron chi connectivity index (χ4n) is 3.19. The molecular formula is C24H31N5O3S2. The van der Waals surface area contributed by atoms with Gasteiger partial charge in [0.2, 0.25) is 0 Å². The molecular weight excluding hydrogens is 470 g/mol. The first-order valence-corrected chi connectivity index (χ1v) is 13.4. The molecule has 0 spiro atoms. The summed E-state index contributed by atoms with van der Waals surface area (Å²) in [6.07, 6.45) is 1.65. The normalized spacial score (nSPS) is 12.1. The molecule has 4 rings (SSSR count). The largest absolute Gasteiger partial charge is 0.414 e. The Morgan fingerprint density at radius 1 is 1.03 bits per heavy atom. The van der Waals surface area contributed by atoms with Crippen LogP contribution in [-0.4, -0.2) is 39.9 Å². The highest BCUT2D eigenvalue weighted by Gasteiger charge is 2.20. The smallest absolute Gasteiger partial charge is 0.268 e. The zero-order chi connectivity index (χ0) is 24.5. The highest BCUT2D eigenvalue weighted by atomic mass is 32.2. The van der Waals surface area contributed by atoms with Gasteiger partial charge in [0.15, 0.2) is 9.84 Å². The number of aryl methyl sites for hydroxylation is 1. The van der Waals surface area contributed by atoms with Crippen molar-refractivity contribution in [1.29, 1.82) is 0 Å². The number of aromatic nitrogens is 4. The third-order valence-electron chi connectivity index (χ3n) is 5.24. The van der Waals surface area contributed by atoms with Crippen LogP contribution in [-0.2, 0) is 16.4 Å². The maximum absolute atomic E-state index is 12.4. The molecule has 1 aromatic carbocycles. The summed E-state index contributed by atoms with van der Waals surface area (Å²) in [5.74, 6) is 0.724. The first-order valence-electron chi connectivity index (χ1n) is 11.0. The second kappa shape index (κ2) is 9.73. The minimum absolute atomic E-state index is 0. The van der Waals surface area contributed by atoms with Gasteiger partial charge in [-0.2, -0.15) is 0 Å². The van der Waals surface area contributed by atoms with E-state index in [9.17, 15) is 8.42 Å². The minimum atomic E-state index is -3.34. The Bertz CT molecular complexity index is 1400. The van der Waals surface area contributed by atoms with Gasteiger partial charge in [-0.05, 0) is 45.0 Å². The second-order valence-electron chi connectivity index (χ2n) is 8.52. The van der Waals surface area contributed by atoms with Crippen molar-refractivity contribution in [3.63, 3.8) is 0 Å². The van der Waals surface area contributed by atoms with Gasteiger partial charge in [-0.1, -0.05) is 26.0 Å². The van der Waals surface area contributed by atoms with E-state index in [1.807, 2.05) is 19.1 Å². The first kappa shape index (κ1) is 24.2. The van der Waals surface area contributed by atoms with Crippen molar-refractivity contribution in [1.82, 2.24) is 25.5 Å². The van der Waals surface area contributed by atoms with Gasteiger partial charge >= 0.3 is 0 Å². The van der Waals surface area contributed by atoms with E-state index in [0.717, 1.165) is 17.0 Å². The van der Waals surface area contributed by atoms with Crippen LogP contribution < -0.4 is 5.32 Å². The maximum Gasteiger partial charge on any atom is 0.268 e. The van der Waals surface area contributed by atoms with Crippen LogP contribution in [0.2, 0.25) is 0 Å². The van der Waals surface area contributed by atoms with Crippen molar-refractivity contribution in [2.45, 2.75) is 57.4 Å². The molecule has 0 saturated carbocycles. The van der Waals surface area contributed by atoms with Gasteiger partial charge in [0, 0.05) is 25.9 Å². The number of hydrogen-bond donors (Lipinski definition) is 1. The maximum atomic E-state index is 12.4. The third kappa shape index (κ3) is 5.08. The highest BCUT2D eigenvalue weighted by Crippen LogP contribution is 2.31. The molecule has 0 saturated heterocycles. The summed E-state index contributed by atoms with van der Waals surface area (Å²) in [6.45, 7) is 10.2. The van der Waals surface area contributed by atoms with Crippen LogP contribution in [0.4, 0.5) is 0 Å².